The Balaban J connectivity index is 1.24. The van der Waals surface area contributed by atoms with E-state index >= 15 is 0 Å². The van der Waals surface area contributed by atoms with Crippen LogP contribution >= 0.6 is 0 Å². The lowest BCUT2D eigenvalue weighted by molar-refractivity contribution is -0.339. The van der Waals surface area contributed by atoms with Crippen molar-refractivity contribution >= 4 is 0 Å². The SMILES string of the molecule is CC(=CCCC=C(C)CCC1OC(C(C)(C)OC2OC(CO)C(O)C(O)C2O)CCC1(C)O)CCC1OC(C(C)(C)OC2OC(CO)C(O)C(O)C2O)CCC1(C)O. The van der Waals surface area contributed by atoms with E-state index in [0.717, 1.165) is 24.0 Å². The van der Waals surface area contributed by atoms with Crippen LogP contribution in [-0.4, -0.2) is 173 Å². The monoisotopic (exact) mass is 834 g/mol. The molecule has 0 saturated carbocycles. The fourth-order valence-corrected chi connectivity index (χ4v) is 8.44. The van der Waals surface area contributed by atoms with Crippen molar-refractivity contribution in [3.05, 3.63) is 23.3 Å². The summed E-state index contributed by atoms with van der Waals surface area (Å²) >= 11 is 0. The smallest absolute Gasteiger partial charge is 0.187 e. The van der Waals surface area contributed by atoms with E-state index in [4.69, 9.17) is 28.4 Å². The van der Waals surface area contributed by atoms with Gasteiger partial charge in [0, 0.05) is 0 Å². The molecule has 0 amide bonds. The van der Waals surface area contributed by atoms with Gasteiger partial charge in [-0.15, -0.1) is 0 Å². The van der Waals surface area contributed by atoms with Gasteiger partial charge in [0.15, 0.2) is 12.6 Å². The fraction of sp³-hybridized carbons (Fsp3) is 0.905. The van der Waals surface area contributed by atoms with E-state index in [-0.39, 0.29) is 0 Å². The standard InChI is InChI=1S/C42H74O16/c1-23(13-15-29-41(7,51)19-17-27(55-29)39(3,4)57-37-35(49)33(47)31(45)25(21-43)53-37)11-9-10-12-24(2)14-16-30-42(8,52)20-18-28(56-30)40(5,6)58-38-36(50)34(48)32(46)26(22-44)54-38/h11-12,25-38,43-52H,9-10,13-22H2,1-8H3. The Bertz CT molecular complexity index is 1250. The molecule has 0 aromatic heterocycles. The van der Waals surface area contributed by atoms with Gasteiger partial charge < -0.3 is 79.5 Å². The number of rotatable bonds is 17. The summed E-state index contributed by atoms with van der Waals surface area (Å²) < 4.78 is 36.2. The Morgan fingerprint density at radius 1 is 0.586 bits per heavy atom. The number of aliphatic hydroxyl groups excluding tert-OH is 8. The largest absolute Gasteiger partial charge is 0.394 e. The van der Waals surface area contributed by atoms with Crippen LogP contribution in [0.1, 0.15) is 120 Å². The van der Waals surface area contributed by atoms with Crippen LogP contribution in [-0.2, 0) is 28.4 Å². The van der Waals surface area contributed by atoms with Gasteiger partial charge in [0.2, 0.25) is 0 Å². The highest BCUT2D eigenvalue weighted by atomic mass is 16.7. The lowest BCUT2D eigenvalue weighted by Gasteiger charge is -2.48. The van der Waals surface area contributed by atoms with Gasteiger partial charge >= 0.3 is 0 Å². The molecule has 4 aliphatic rings. The Labute approximate surface area is 343 Å². The summed E-state index contributed by atoms with van der Waals surface area (Å²) in [6.07, 6.45) is -5.37. The van der Waals surface area contributed by atoms with E-state index in [1.54, 1.807) is 41.5 Å². The van der Waals surface area contributed by atoms with E-state index in [1.807, 2.05) is 0 Å². The molecule has 0 aromatic rings. The Morgan fingerprint density at radius 3 is 1.26 bits per heavy atom. The molecule has 0 spiro atoms. The van der Waals surface area contributed by atoms with Crippen molar-refractivity contribution in [3.8, 4) is 0 Å². The minimum absolute atomic E-state index is 0.465. The van der Waals surface area contributed by atoms with Crippen LogP contribution in [0.25, 0.3) is 0 Å². The maximum atomic E-state index is 11.2. The zero-order chi connectivity index (χ0) is 43.4. The van der Waals surface area contributed by atoms with E-state index in [2.05, 4.69) is 26.0 Å². The van der Waals surface area contributed by atoms with Gasteiger partial charge in [0.05, 0.1) is 60.0 Å². The van der Waals surface area contributed by atoms with Crippen LogP contribution in [0.15, 0.2) is 23.3 Å². The maximum absolute atomic E-state index is 11.2. The van der Waals surface area contributed by atoms with Gasteiger partial charge in [-0.1, -0.05) is 23.3 Å². The van der Waals surface area contributed by atoms with Crippen LogP contribution < -0.4 is 0 Å². The number of hydrogen-bond acceptors (Lipinski definition) is 16. The van der Waals surface area contributed by atoms with Crippen LogP contribution in [0.2, 0.25) is 0 Å². The molecule has 58 heavy (non-hydrogen) atoms. The minimum Gasteiger partial charge on any atom is -0.394 e. The Kier molecular flexibility index (Phi) is 17.4. The molecule has 10 N–H and O–H groups in total. The second kappa shape index (κ2) is 20.4. The topological polar surface area (TPSA) is 258 Å². The maximum Gasteiger partial charge on any atom is 0.187 e. The van der Waals surface area contributed by atoms with Crippen molar-refractivity contribution in [1.29, 1.82) is 0 Å². The number of allylic oxidation sites excluding steroid dienone is 4. The lowest BCUT2D eigenvalue weighted by atomic mass is 9.82. The highest BCUT2D eigenvalue weighted by molar-refractivity contribution is 5.05. The number of aliphatic hydroxyl groups is 10. The highest BCUT2D eigenvalue weighted by Gasteiger charge is 2.51. The predicted molar refractivity (Wildman–Crippen MR) is 210 cm³/mol. The van der Waals surface area contributed by atoms with E-state index in [1.165, 1.54) is 0 Å². The molecular formula is C42H74O16. The molecule has 16 heteroatoms. The molecule has 16 unspecified atom stereocenters. The first-order valence-corrected chi connectivity index (χ1v) is 21.0. The third kappa shape index (κ3) is 12.3. The summed E-state index contributed by atoms with van der Waals surface area (Å²) in [4.78, 5) is 0. The summed E-state index contributed by atoms with van der Waals surface area (Å²) in [5, 5.41) is 103. The zero-order valence-electron chi connectivity index (χ0n) is 35.6. The number of ether oxygens (including phenoxy) is 6. The molecule has 4 saturated heterocycles. The Hall–Kier alpha value is -1.16. The van der Waals surface area contributed by atoms with Crippen molar-refractivity contribution in [1.82, 2.24) is 0 Å². The second-order valence-electron chi connectivity index (χ2n) is 18.6. The van der Waals surface area contributed by atoms with E-state index in [0.29, 0.717) is 51.4 Å². The molecule has 4 aliphatic heterocycles. The number of hydrogen-bond donors (Lipinski definition) is 10. The average Bonchev–Trinajstić information content (AvgIpc) is 3.15. The first-order valence-electron chi connectivity index (χ1n) is 21.0. The van der Waals surface area contributed by atoms with Crippen molar-refractivity contribution < 1.29 is 79.5 Å². The first-order chi connectivity index (χ1) is 26.9. The summed E-state index contributed by atoms with van der Waals surface area (Å²) in [6, 6.07) is 0. The average molecular weight is 835 g/mol. The molecule has 338 valence electrons. The normalized spacial score (nSPS) is 42.4. The minimum atomic E-state index is -1.55. The van der Waals surface area contributed by atoms with Gasteiger partial charge in [-0.25, -0.2) is 0 Å². The van der Waals surface area contributed by atoms with Crippen LogP contribution in [0, 0.1) is 0 Å². The third-order valence-corrected chi connectivity index (χ3v) is 12.7. The summed E-state index contributed by atoms with van der Waals surface area (Å²) in [5.74, 6) is 0. The van der Waals surface area contributed by atoms with Gasteiger partial charge in [0.1, 0.15) is 48.8 Å². The summed E-state index contributed by atoms with van der Waals surface area (Å²) in [5.41, 5.74) is -1.79. The first kappa shape index (κ1) is 49.5. The lowest BCUT2D eigenvalue weighted by Crippen LogP contribution is -2.62. The third-order valence-electron chi connectivity index (χ3n) is 12.7. The van der Waals surface area contributed by atoms with Crippen LogP contribution in [0.5, 0.6) is 0 Å². The summed E-state index contributed by atoms with van der Waals surface area (Å²) in [7, 11) is 0. The van der Waals surface area contributed by atoms with Gasteiger partial charge in [0.25, 0.3) is 0 Å². The molecule has 0 aromatic carbocycles. The van der Waals surface area contributed by atoms with Crippen molar-refractivity contribution in [3.63, 3.8) is 0 Å². The zero-order valence-corrected chi connectivity index (χ0v) is 35.6. The highest BCUT2D eigenvalue weighted by Crippen LogP contribution is 2.40. The molecule has 0 aliphatic carbocycles. The molecule has 4 rings (SSSR count). The van der Waals surface area contributed by atoms with Crippen molar-refractivity contribution in [2.45, 2.75) is 228 Å². The van der Waals surface area contributed by atoms with E-state index in [9.17, 15) is 51.1 Å². The summed E-state index contributed by atoms with van der Waals surface area (Å²) in [6.45, 7) is 13.7. The molecule has 0 radical (unpaired) electrons. The number of unbranched alkanes of at least 4 members (excludes halogenated alkanes) is 1. The van der Waals surface area contributed by atoms with Crippen molar-refractivity contribution in [2.24, 2.45) is 0 Å². The van der Waals surface area contributed by atoms with Gasteiger partial charge in [-0.3, -0.25) is 0 Å². The van der Waals surface area contributed by atoms with Crippen molar-refractivity contribution in [2.75, 3.05) is 13.2 Å². The molecular weight excluding hydrogens is 760 g/mol. The van der Waals surface area contributed by atoms with Crippen LogP contribution in [0.4, 0.5) is 0 Å². The van der Waals surface area contributed by atoms with Gasteiger partial charge in [-0.2, -0.15) is 0 Å². The molecule has 16 nitrogen and oxygen atoms in total. The van der Waals surface area contributed by atoms with Gasteiger partial charge in [-0.05, 0) is 120 Å². The second-order valence-corrected chi connectivity index (χ2v) is 18.6. The fourth-order valence-electron chi connectivity index (χ4n) is 8.44. The molecule has 16 atom stereocenters. The van der Waals surface area contributed by atoms with E-state index < -0.39 is 121 Å². The quantitative estimate of drug-likeness (QED) is 0.0725. The molecule has 4 heterocycles. The Morgan fingerprint density at radius 2 is 0.931 bits per heavy atom. The van der Waals surface area contributed by atoms with Crippen LogP contribution in [0.3, 0.4) is 0 Å². The predicted octanol–water partition coefficient (Wildman–Crippen LogP) is 1.01. The molecule has 4 fully saturated rings. The molecule has 0 bridgehead atoms.